The van der Waals surface area contributed by atoms with Crippen molar-refractivity contribution < 1.29 is 39.1 Å². The maximum absolute atomic E-state index is 13.3. The molecular weight excluding hydrogens is 516 g/mol. The van der Waals surface area contributed by atoms with E-state index in [1.807, 2.05) is 13.8 Å². The first-order chi connectivity index (χ1) is 15.8. The molecule has 2 aromatic rings. The van der Waals surface area contributed by atoms with Crippen molar-refractivity contribution >= 4 is 30.1 Å². The summed E-state index contributed by atoms with van der Waals surface area (Å²) in [6.45, 7) is 10.7. The summed E-state index contributed by atoms with van der Waals surface area (Å²) in [4.78, 5) is -2.26. The molecule has 0 spiro atoms. The third kappa shape index (κ3) is 6.62. The predicted octanol–water partition coefficient (Wildman–Crippen LogP) is 4.66. The van der Waals surface area contributed by atoms with Gasteiger partial charge in [-0.2, -0.15) is 16.8 Å². The fraction of sp³-hybridized carbons (Fsp3) is 0.478. The summed E-state index contributed by atoms with van der Waals surface area (Å²) in [5, 5.41) is 0. The minimum atomic E-state index is -4.87. The van der Waals surface area contributed by atoms with E-state index in [0.29, 0.717) is 12.8 Å². The lowest BCUT2D eigenvalue weighted by molar-refractivity contribution is 0.101. The van der Waals surface area contributed by atoms with Gasteiger partial charge in [-0.25, -0.2) is 8.42 Å². The second kappa shape index (κ2) is 9.81. The van der Waals surface area contributed by atoms with Gasteiger partial charge in [0.15, 0.2) is 0 Å². The Morgan fingerprint density at radius 3 is 1.71 bits per heavy atom. The fourth-order valence-electron chi connectivity index (χ4n) is 3.65. The molecule has 0 unspecified atom stereocenters. The zero-order valence-corrected chi connectivity index (χ0v) is 23.0. The van der Waals surface area contributed by atoms with Gasteiger partial charge < -0.3 is 4.74 Å². The quantitative estimate of drug-likeness (QED) is 0.404. The van der Waals surface area contributed by atoms with Crippen LogP contribution in [0.1, 0.15) is 66.4 Å². The highest BCUT2D eigenvalue weighted by Crippen LogP contribution is 2.37. The molecule has 0 aromatic heterocycles. The lowest BCUT2D eigenvalue weighted by Gasteiger charge is -2.27. The van der Waals surface area contributed by atoms with Gasteiger partial charge in [-0.05, 0) is 68.0 Å². The SMILES string of the molecule is CCCC(C)(C)c1ccc(S(=O)(=O)c2ccc(OC(C)(C)CC)c(S(=O)(=O)O)c2)cc1S(=O)(=O)O. The number of hydrogen-bond donors (Lipinski definition) is 2. The molecule has 0 saturated carbocycles. The average molecular weight is 549 g/mol. The second-order valence-electron chi connectivity index (χ2n) is 9.57. The van der Waals surface area contributed by atoms with Gasteiger partial charge in [-0.15, -0.1) is 0 Å². The first-order valence-corrected chi connectivity index (χ1v) is 15.3. The Balaban J connectivity index is 2.75. The van der Waals surface area contributed by atoms with Crippen molar-refractivity contribution in [2.75, 3.05) is 0 Å². The Hall–Kier alpha value is -1.99. The summed E-state index contributed by atoms with van der Waals surface area (Å²) in [5.41, 5.74) is -1.22. The van der Waals surface area contributed by atoms with Crippen LogP contribution < -0.4 is 4.74 Å². The minimum Gasteiger partial charge on any atom is -0.486 e. The molecule has 0 bridgehead atoms. The molecular formula is C23H32O9S3. The van der Waals surface area contributed by atoms with Crippen LogP contribution in [0.4, 0.5) is 0 Å². The van der Waals surface area contributed by atoms with Crippen LogP contribution in [0.5, 0.6) is 5.75 Å². The van der Waals surface area contributed by atoms with Crippen molar-refractivity contribution in [1.29, 1.82) is 0 Å². The molecule has 2 aromatic carbocycles. The lowest BCUT2D eigenvalue weighted by Crippen LogP contribution is -2.27. The second-order valence-corrected chi connectivity index (χ2v) is 14.3. The Bertz CT molecular complexity index is 1420. The third-order valence-corrected chi connectivity index (χ3v) is 9.40. The fourth-order valence-corrected chi connectivity index (χ4v) is 6.65. The Morgan fingerprint density at radius 2 is 1.26 bits per heavy atom. The Labute approximate surface area is 207 Å². The molecule has 35 heavy (non-hydrogen) atoms. The zero-order valence-electron chi connectivity index (χ0n) is 20.6. The van der Waals surface area contributed by atoms with Crippen molar-refractivity contribution in [1.82, 2.24) is 0 Å². The van der Waals surface area contributed by atoms with E-state index in [0.717, 1.165) is 30.7 Å². The zero-order chi connectivity index (χ0) is 27.0. The first-order valence-electron chi connectivity index (χ1n) is 10.9. The van der Waals surface area contributed by atoms with Gasteiger partial charge in [0.2, 0.25) is 9.84 Å². The van der Waals surface area contributed by atoms with Crippen LogP contribution in [0.3, 0.4) is 0 Å². The third-order valence-electron chi connectivity index (χ3n) is 5.89. The summed E-state index contributed by atoms with van der Waals surface area (Å²) in [6.07, 6.45) is 1.80. The van der Waals surface area contributed by atoms with Crippen LogP contribution in [-0.4, -0.2) is 40.0 Å². The van der Waals surface area contributed by atoms with Gasteiger partial charge in [0, 0.05) is 0 Å². The molecule has 0 saturated heterocycles. The molecule has 0 atom stereocenters. The van der Waals surface area contributed by atoms with Crippen LogP contribution in [0.2, 0.25) is 0 Å². The highest BCUT2D eigenvalue weighted by Gasteiger charge is 2.31. The normalized spacial score (nSPS) is 13.6. The molecule has 0 aliphatic rings. The molecule has 9 nitrogen and oxygen atoms in total. The highest BCUT2D eigenvalue weighted by molar-refractivity contribution is 7.91. The minimum absolute atomic E-state index is 0.228. The van der Waals surface area contributed by atoms with E-state index in [-0.39, 0.29) is 11.3 Å². The summed E-state index contributed by atoms with van der Waals surface area (Å²) >= 11 is 0. The molecule has 0 fully saturated rings. The first kappa shape index (κ1) is 29.2. The maximum atomic E-state index is 13.3. The van der Waals surface area contributed by atoms with Crippen LogP contribution >= 0.6 is 0 Å². The number of benzene rings is 2. The van der Waals surface area contributed by atoms with E-state index in [9.17, 15) is 34.4 Å². The number of ether oxygens (including phenoxy) is 1. The molecule has 0 amide bonds. The molecule has 0 radical (unpaired) electrons. The van der Waals surface area contributed by atoms with Gasteiger partial charge in [0.1, 0.15) is 16.2 Å². The Morgan fingerprint density at radius 1 is 0.771 bits per heavy atom. The monoisotopic (exact) mass is 548 g/mol. The molecule has 0 aliphatic heterocycles. The molecule has 2 rings (SSSR count). The molecule has 196 valence electrons. The highest BCUT2D eigenvalue weighted by atomic mass is 32.2. The average Bonchev–Trinajstić information content (AvgIpc) is 2.71. The van der Waals surface area contributed by atoms with Gasteiger partial charge in [0.05, 0.1) is 14.7 Å². The number of rotatable bonds is 10. The van der Waals surface area contributed by atoms with Gasteiger partial charge in [0.25, 0.3) is 20.2 Å². The van der Waals surface area contributed by atoms with E-state index in [1.54, 1.807) is 27.7 Å². The largest absolute Gasteiger partial charge is 0.486 e. The summed E-state index contributed by atoms with van der Waals surface area (Å²) < 4.78 is 100. The van der Waals surface area contributed by atoms with Crippen molar-refractivity contribution in [2.24, 2.45) is 0 Å². The van der Waals surface area contributed by atoms with E-state index >= 15 is 0 Å². The molecule has 12 heteroatoms. The van der Waals surface area contributed by atoms with Crippen LogP contribution in [-0.2, 0) is 35.5 Å². The summed E-state index contributed by atoms with van der Waals surface area (Å²) in [7, 11) is -14.1. The topological polar surface area (TPSA) is 152 Å². The van der Waals surface area contributed by atoms with Crippen LogP contribution in [0.15, 0.2) is 56.0 Å². The van der Waals surface area contributed by atoms with E-state index in [1.165, 1.54) is 12.1 Å². The van der Waals surface area contributed by atoms with E-state index < -0.39 is 60.7 Å². The summed E-state index contributed by atoms with van der Waals surface area (Å²) in [6, 6.07) is 6.37. The van der Waals surface area contributed by atoms with Crippen molar-refractivity contribution in [3.05, 3.63) is 42.0 Å². The summed E-state index contributed by atoms with van der Waals surface area (Å²) in [5.74, 6) is -0.228. The molecule has 0 aliphatic carbocycles. The van der Waals surface area contributed by atoms with Crippen molar-refractivity contribution in [3.63, 3.8) is 0 Å². The van der Waals surface area contributed by atoms with Crippen molar-refractivity contribution in [2.45, 2.75) is 91.4 Å². The predicted molar refractivity (Wildman–Crippen MR) is 131 cm³/mol. The Kier molecular flexibility index (Phi) is 8.20. The van der Waals surface area contributed by atoms with Gasteiger partial charge in [-0.3, -0.25) is 9.11 Å². The van der Waals surface area contributed by atoms with E-state index in [2.05, 4.69) is 0 Å². The molecule has 2 N–H and O–H groups in total. The molecule has 0 heterocycles. The lowest BCUT2D eigenvalue weighted by atomic mass is 9.81. The van der Waals surface area contributed by atoms with Gasteiger partial charge in [-0.1, -0.05) is 40.2 Å². The maximum Gasteiger partial charge on any atom is 0.298 e. The van der Waals surface area contributed by atoms with Gasteiger partial charge >= 0.3 is 0 Å². The smallest absolute Gasteiger partial charge is 0.298 e. The number of hydrogen-bond acceptors (Lipinski definition) is 7. The van der Waals surface area contributed by atoms with Crippen molar-refractivity contribution in [3.8, 4) is 5.75 Å². The van der Waals surface area contributed by atoms with Crippen LogP contribution in [0.25, 0.3) is 0 Å². The standard InChI is InChI=1S/C23H32O9S3/c1-7-13-22(3,4)18-11-9-16(14-20(18)34(26,27)28)33(24,25)17-10-12-19(32-23(5,6)8-2)21(15-17)35(29,30)31/h9-12,14-15H,7-8,13H2,1-6H3,(H,26,27,28)(H,29,30,31). The van der Waals surface area contributed by atoms with E-state index in [4.69, 9.17) is 4.74 Å². The number of sulfone groups is 1. The van der Waals surface area contributed by atoms with Crippen LogP contribution in [0, 0.1) is 0 Å².